The Bertz CT molecular complexity index is 488. The quantitative estimate of drug-likeness (QED) is 0.752. The lowest BCUT2D eigenvalue weighted by atomic mass is 9.48. The molecule has 2 nitrogen and oxygen atoms in total. The molecule has 22 heavy (non-hydrogen) atoms. The zero-order valence-corrected chi connectivity index (χ0v) is 15.1. The van der Waals surface area contributed by atoms with Gasteiger partial charge < -0.3 is 10.4 Å². The zero-order chi connectivity index (χ0) is 15.5. The summed E-state index contributed by atoms with van der Waals surface area (Å²) in [4.78, 5) is 0. The Morgan fingerprint density at radius 3 is 2.77 bits per heavy atom. The second-order valence-electron chi connectivity index (χ2n) is 9.15. The van der Waals surface area contributed by atoms with Crippen molar-refractivity contribution in [3.8, 4) is 0 Å². The fourth-order valence-corrected chi connectivity index (χ4v) is 7.59. The smallest absolute Gasteiger partial charge is 0.0649 e. The molecule has 4 rings (SSSR count). The topological polar surface area (TPSA) is 32.3 Å². The molecule has 4 aliphatic rings. The van der Waals surface area contributed by atoms with Gasteiger partial charge in [0.05, 0.1) is 12.0 Å². The maximum Gasteiger partial charge on any atom is 0.0649 e. The predicted octanol–water partition coefficient (Wildman–Crippen LogP) is 4.36. The van der Waals surface area contributed by atoms with E-state index >= 15 is 0 Å². The van der Waals surface area contributed by atoms with Crippen molar-refractivity contribution in [2.45, 2.75) is 65.4 Å². The molecule has 1 heterocycles. The SMILES string of the molecule is CC1(C)CCC[C@H]2[C@H]1[C@@H](O)C[C@]1(C)[C@@H]2CC[C@H]1C1=CSCN1. The minimum atomic E-state index is -0.100. The van der Waals surface area contributed by atoms with Gasteiger partial charge in [-0.05, 0) is 66.1 Å². The van der Waals surface area contributed by atoms with Crippen molar-refractivity contribution in [2.75, 3.05) is 5.88 Å². The van der Waals surface area contributed by atoms with Crippen molar-refractivity contribution in [2.24, 2.45) is 34.5 Å². The highest BCUT2D eigenvalue weighted by Gasteiger charge is 2.60. The van der Waals surface area contributed by atoms with Gasteiger partial charge in [0, 0.05) is 11.6 Å². The second kappa shape index (κ2) is 5.17. The molecule has 0 bridgehead atoms. The van der Waals surface area contributed by atoms with Crippen molar-refractivity contribution >= 4 is 11.8 Å². The summed E-state index contributed by atoms with van der Waals surface area (Å²) >= 11 is 1.89. The van der Waals surface area contributed by atoms with Crippen LogP contribution in [0, 0.1) is 34.5 Å². The van der Waals surface area contributed by atoms with Crippen LogP contribution in [-0.2, 0) is 0 Å². The summed E-state index contributed by atoms with van der Waals surface area (Å²) in [5, 5.41) is 17.0. The summed E-state index contributed by atoms with van der Waals surface area (Å²) in [6.45, 7) is 7.29. The Kier molecular flexibility index (Phi) is 3.62. The van der Waals surface area contributed by atoms with E-state index in [2.05, 4.69) is 31.5 Å². The van der Waals surface area contributed by atoms with Gasteiger partial charge in [0.1, 0.15) is 0 Å². The Hall–Kier alpha value is -0.150. The molecule has 0 unspecified atom stereocenters. The second-order valence-corrected chi connectivity index (χ2v) is 10.0. The molecule has 1 aliphatic heterocycles. The van der Waals surface area contributed by atoms with Crippen LogP contribution in [0.15, 0.2) is 11.1 Å². The van der Waals surface area contributed by atoms with Crippen LogP contribution in [0.2, 0.25) is 0 Å². The van der Waals surface area contributed by atoms with Gasteiger partial charge in [-0.3, -0.25) is 0 Å². The first kappa shape index (κ1) is 15.4. The molecule has 3 aliphatic carbocycles. The minimum Gasteiger partial charge on any atom is -0.393 e. The highest BCUT2D eigenvalue weighted by atomic mass is 32.2. The third kappa shape index (κ3) is 2.11. The van der Waals surface area contributed by atoms with E-state index < -0.39 is 0 Å². The molecule has 0 aromatic rings. The molecule has 6 atom stereocenters. The van der Waals surface area contributed by atoms with Crippen LogP contribution < -0.4 is 5.32 Å². The molecule has 0 spiro atoms. The lowest BCUT2D eigenvalue weighted by Crippen LogP contribution is -2.54. The third-order valence-corrected chi connectivity index (χ3v) is 8.39. The number of allylic oxidation sites excluding steroid dienone is 1. The highest BCUT2D eigenvalue weighted by Crippen LogP contribution is 2.65. The average Bonchev–Trinajstić information content (AvgIpc) is 3.03. The van der Waals surface area contributed by atoms with Crippen molar-refractivity contribution in [1.82, 2.24) is 5.32 Å². The zero-order valence-electron chi connectivity index (χ0n) is 14.3. The van der Waals surface area contributed by atoms with E-state index in [9.17, 15) is 5.11 Å². The fourth-order valence-electron chi connectivity index (χ4n) is 6.83. The Balaban J connectivity index is 1.67. The van der Waals surface area contributed by atoms with E-state index in [1.807, 2.05) is 11.8 Å². The van der Waals surface area contributed by atoms with Gasteiger partial charge >= 0.3 is 0 Å². The number of aliphatic hydroxyl groups excluding tert-OH is 1. The predicted molar refractivity (Wildman–Crippen MR) is 93.2 cm³/mol. The van der Waals surface area contributed by atoms with Gasteiger partial charge in [-0.2, -0.15) is 0 Å². The standard InChI is InChI=1S/C19H31NOS/c1-18(2)8-4-5-12-13-6-7-14(15-10-22-11-20-15)19(13,3)9-16(21)17(12)18/h10,12-14,16-17,20-21H,4-9,11H2,1-3H3/t12-,13-,14+,16+,17+,19-/m1/s1. The first-order valence-corrected chi connectivity index (χ1v) is 10.2. The number of rotatable bonds is 1. The fraction of sp³-hybridized carbons (Fsp3) is 0.895. The van der Waals surface area contributed by atoms with Crippen molar-refractivity contribution in [1.29, 1.82) is 0 Å². The molecule has 0 saturated heterocycles. The van der Waals surface area contributed by atoms with Gasteiger partial charge in [-0.1, -0.05) is 27.2 Å². The Morgan fingerprint density at radius 2 is 2.05 bits per heavy atom. The molecule has 124 valence electrons. The highest BCUT2D eigenvalue weighted by molar-refractivity contribution is 8.02. The number of aliphatic hydroxyl groups is 1. The van der Waals surface area contributed by atoms with Crippen LogP contribution >= 0.6 is 11.8 Å². The van der Waals surface area contributed by atoms with Gasteiger partial charge in [0.25, 0.3) is 0 Å². The average molecular weight is 322 g/mol. The van der Waals surface area contributed by atoms with Crippen LogP contribution in [0.25, 0.3) is 0 Å². The largest absolute Gasteiger partial charge is 0.393 e. The van der Waals surface area contributed by atoms with Crippen LogP contribution in [0.1, 0.15) is 59.3 Å². The van der Waals surface area contributed by atoms with Gasteiger partial charge in [-0.15, -0.1) is 11.8 Å². The Morgan fingerprint density at radius 1 is 1.23 bits per heavy atom. The van der Waals surface area contributed by atoms with Crippen molar-refractivity contribution < 1.29 is 5.11 Å². The normalized spacial score (nSPS) is 50.0. The van der Waals surface area contributed by atoms with E-state index in [0.717, 1.165) is 24.1 Å². The monoisotopic (exact) mass is 321 g/mol. The number of hydrogen-bond acceptors (Lipinski definition) is 3. The maximum absolute atomic E-state index is 11.1. The summed E-state index contributed by atoms with van der Waals surface area (Å²) in [7, 11) is 0. The molecular weight excluding hydrogens is 290 g/mol. The van der Waals surface area contributed by atoms with E-state index in [4.69, 9.17) is 0 Å². The van der Waals surface area contributed by atoms with Gasteiger partial charge in [-0.25, -0.2) is 0 Å². The lowest BCUT2D eigenvalue weighted by molar-refractivity contribution is -0.133. The van der Waals surface area contributed by atoms with Crippen molar-refractivity contribution in [3.05, 3.63) is 11.1 Å². The maximum atomic E-state index is 11.1. The molecule has 2 N–H and O–H groups in total. The molecule has 3 saturated carbocycles. The van der Waals surface area contributed by atoms with Gasteiger partial charge in [0.2, 0.25) is 0 Å². The summed E-state index contributed by atoms with van der Waals surface area (Å²) < 4.78 is 0. The number of fused-ring (bicyclic) bond motifs is 3. The van der Waals surface area contributed by atoms with Crippen LogP contribution in [0.4, 0.5) is 0 Å². The van der Waals surface area contributed by atoms with E-state index in [1.54, 1.807) is 0 Å². The number of nitrogens with one attached hydrogen (secondary N) is 1. The third-order valence-electron chi connectivity index (χ3n) is 7.66. The van der Waals surface area contributed by atoms with Gasteiger partial charge in [0.15, 0.2) is 0 Å². The number of thioether (sulfide) groups is 1. The lowest BCUT2D eigenvalue weighted by Gasteiger charge is -2.57. The molecule has 0 aromatic heterocycles. The first-order chi connectivity index (χ1) is 10.4. The Labute approximate surface area is 139 Å². The first-order valence-electron chi connectivity index (χ1n) is 9.17. The van der Waals surface area contributed by atoms with Crippen LogP contribution in [-0.4, -0.2) is 17.1 Å². The number of hydrogen-bond donors (Lipinski definition) is 2. The summed E-state index contributed by atoms with van der Waals surface area (Å²) in [5.74, 6) is 3.77. The van der Waals surface area contributed by atoms with Crippen LogP contribution in [0.5, 0.6) is 0 Å². The van der Waals surface area contributed by atoms with Crippen LogP contribution in [0.3, 0.4) is 0 Å². The van der Waals surface area contributed by atoms with E-state index in [1.165, 1.54) is 37.8 Å². The molecule has 0 amide bonds. The van der Waals surface area contributed by atoms with E-state index in [0.29, 0.717) is 22.7 Å². The van der Waals surface area contributed by atoms with Crippen molar-refractivity contribution in [3.63, 3.8) is 0 Å². The molecular formula is C19H31NOS. The molecule has 0 radical (unpaired) electrons. The summed E-state index contributed by atoms with van der Waals surface area (Å²) in [6.07, 6.45) is 7.59. The molecule has 0 aromatic carbocycles. The molecule has 3 fully saturated rings. The summed E-state index contributed by atoms with van der Waals surface area (Å²) in [6, 6.07) is 0. The van der Waals surface area contributed by atoms with E-state index in [-0.39, 0.29) is 6.10 Å². The minimum absolute atomic E-state index is 0.100. The summed E-state index contributed by atoms with van der Waals surface area (Å²) in [5.41, 5.74) is 2.09. The molecule has 3 heteroatoms.